The first-order chi connectivity index (χ1) is 20.3. The molecule has 0 unspecified atom stereocenters. The average molecular weight is 593 g/mol. The quantitative estimate of drug-likeness (QED) is 0.228. The Hall–Kier alpha value is -3.62. The molecule has 2 heterocycles. The Labute approximate surface area is 248 Å². The summed E-state index contributed by atoms with van der Waals surface area (Å²) < 4.78 is 39.4. The molecule has 1 fully saturated rings. The second kappa shape index (κ2) is 11.6. The topological polar surface area (TPSA) is 48.5 Å². The fraction of sp³-hybridized carbons (Fsp3) is 0.333. The van der Waals surface area contributed by atoms with Crippen molar-refractivity contribution in [2.45, 2.75) is 30.9 Å². The number of nitrogens with one attached hydrogen (secondary N) is 1. The van der Waals surface area contributed by atoms with E-state index < -0.39 is 24.0 Å². The predicted octanol–water partition coefficient (Wildman–Crippen LogP) is 6.83. The first-order valence-corrected chi connectivity index (χ1v) is 14.7. The number of anilines is 1. The third-order valence-electron chi connectivity index (χ3n) is 8.53. The van der Waals surface area contributed by atoms with Crippen molar-refractivity contribution in [1.29, 1.82) is 0 Å². The zero-order chi connectivity index (χ0) is 29.3. The molecule has 2 aliphatic rings. The van der Waals surface area contributed by atoms with Crippen LogP contribution in [0.3, 0.4) is 0 Å². The molecule has 5 nitrogen and oxygen atoms in total. The van der Waals surface area contributed by atoms with Gasteiger partial charge in [0.1, 0.15) is 17.8 Å². The van der Waals surface area contributed by atoms with Crippen molar-refractivity contribution in [3.05, 3.63) is 95.0 Å². The van der Waals surface area contributed by atoms with E-state index in [1.807, 2.05) is 72.8 Å². The van der Waals surface area contributed by atoms with Crippen molar-refractivity contribution in [3.8, 4) is 11.1 Å². The minimum Gasteiger partial charge on any atom is -0.354 e. The number of piperazine rings is 1. The number of unbranched alkanes of at least 4 members (excludes halogenated alkanes) is 1. The Morgan fingerprint density at radius 1 is 0.857 bits per heavy atom. The lowest BCUT2D eigenvalue weighted by atomic mass is 9.73. The number of alkyl halides is 3. The summed E-state index contributed by atoms with van der Waals surface area (Å²) in [4.78, 5) is 23.1. The second-order valence-corrected chi connectivity index (χ2v) is 11.5. The minimum absolute atomic E-state index is 0.437. The van der Waals surface area contributed by atoms with Gasteiger partial charge in [0.05, 0.1) is 10.5 Å². The highest BCUT2D eigenvalue weighted by molar-refractivity contribution is 6.35. The van der Waals surface area contributed by atoms with Crippen LogP contribution < -0.4 is 10.2 Å². The maximum absolute atomic E-state index is 13.7. The van der Waals surface area contributed by atoms with E-state index in [1.165, 1.54) is 0 Å². The van der Waals surface area contributed by atoms with Gasteiger partial charge in [0.25, 0.3) is 0 Å². The number of carbonyl (C=O) groups excluding carboxylic acids is 1. The van der Waals surface area contributed by atoms with Gasteiger partial charge in [-0.05, 0) is 59.8 Å². The Kier molecular flexibility index (Phi) is 7.85. The van der Waals surface area contributed by atoms with Gasteiger partial charge in [-0.1, -0.05) is 78.7 Å². The second-order valence-electron chi connectivity index (χ2n) is 11.1. The predicted molar refractivity (Wildman–Crippen MR) is 161 cm³/mol. The highest BCUT2D eigenvalue weighted by Crippen LogP contribution is 2.51. The fourth-order valence-electron chi connectivity index (χ4n) is 6.49. The van der Waals surface area contributed by atoms with Gasteiger partial charge in [0.15, 0.2) is 0 Å². The Morgan fingerprint density at radius 2 is 1.52 bits per heavy atom. The summed E-state index contributed by atoms with van der Waals surface area (Å²) >= 11 is 6.37. The van der Waals surface area contributed by atoms with E-state index in [0.29, 0.717) is 17.9 Å². The molecule has 0 radical (unpaired) electrons. The molecule has 4 aromatic rings. The number of nitrogens with zero attached hydrogens (tertiary/aromatic N) is 3. The first-order valence-electron chi connectivity index (χ1n) is 14.3. The van der Waals surface area contributed by atoms with Gasteiger partial charge in [-0.15, -0.1) is 0 Å². The molecule has 0 atom stereocenters. The van der Waals surface area contributed by atoms with Crippen LogP contribution in [0, 0.1) is 0 Å². The molecular formula is C33H32ClF3N4O. The number of amides is 1. The van der Waals surface area contributed by atoms with Crippen LogP contribution in [0.15, 0.2) is 78.9 Å². The van der Waals surface area contributed by atoms with Crippen LogP contribution in [0.4, 0.5) is 19.0 Å². The van der Waals surface area contributed by atoms with Crippen LogP contribution in [0.2, 0.25) is 5.02 Å². The molecule has 218 valence electrons. The Bertz CT molecular complexity index is 1550. The number of hydrogen-bond acceptors (Lipinski definition) is 4. The first kappa shape index (κ1) is 28.5. The lowest BCUT2D eigenvalue weighted by Crippen LogP contribution is -2.48. The number of carbonyl (C=O) groups is 1. The van der Waals surface area contributed by atoms with Crippen LogP contribution >= 0.6 is 11.6 Å². The normalized spacial score (nSPS) is 16.3. The van der Waals surface area contributed by atoms with Crippen molar-refractivity contribution in [2.75, 3.05) is 44.2 Å². The van der Waals surface area contributed by atoms with E-state index in [-0.39, 0.29) is 0 Å². The smallest absolute Gasteiger partial charge is 0.354 e. The van der Waals surface area contributed by atoms with E-state index in [4.69, 9.17) is 16.6 Å². The third-order valence-corrected chi connectivity index (χ3v) is 8.83. The van der Waals surface area contributed by atoms with Crippen LogP contribution in [0.1, 0.15) is 30.4 Å². The van der Waals surface area contributed by atoms with Gasteiger partial charge in [-0.25, -0.2) is 4.98 Å². The highest BCUT2D eigenvalue weighted by atomic mass is 35.5. The van der Waals surface area contributed by atoms with E-state index >= 15 is 0 Å². The van der Waals surface area contributed by atoms with E-state index in [1.54, 1.807) is 0 Å². The summed E-state index contributed by atoms with van der Waals surface area (Å²) in [5.41, 5.74) is 3.04. The maximum Gasteiger partial charge on any atom is 0.405 e. The maximum atomic E-state index is 13.7. The van der Waals surface area contributed by atoms with E-state index in [9.17, 15) is 18.0 Å². The summed E-state index contributed by atoms with van der Waals surface area (Å²) in [7, 11) is 0. The third kappa shape index (κ3) is 5.45. The number of benzene rings is 3. The van der Waals surface area contributed by atoms with Crippen LogP contribution in [0.5, 0.6) is 0 Å². The van der Waals surface area contributed by atoms with Crippen molar-refractivity contribution >= 4 is 34.2 Å². The van der Waals surface area contributed by atoms with Crippen LogP contribution in [0.25, 0.3) is 22.0 Å². The molecule has 3 aromatic carbocycles. The summed E-state index contributed by atoms with van der Waals surface area (Å²) in [5, 5.41) is 3.88. The molecule has 1 amide bonds. The lowest BCUT2D eigenvalue weighted by molar-refractivity contribution is -0.141. The number of rotatable bonds is 8. The zero-order valence-electron chi connectivity index (χ0n) is 23.1. The van der Waals surface area contributed by atoms with Crippen LogP contribution in [-0.2, 0) is 10.2 Å². The Balaban J connectivity index is 1.12. The van der Waals surface area contributed by atoms with Gasteiger partial charge < -0.3 is 10.2 Å². The van der Waals surface area contributed by atoms with E-state index in [2.05, 4.69) is 21.2 Å². The molecule has 0 bridgehead atoms. The molecule has 1 aliphatic heterocycles. The standard InChI is InChI=1S/C33H32ClF3N4O/c34-28-13-7-8-23-14-15-29(39-30(23)28)41-20-18-40(19-21-41)17-6-5-16-32(31(42)38-22-33(35,36)37)26-11-3-1-9-24(26)25-10-2-4-12-27(25)32/h1-4,7-15H,5-6,16-22H2,(H,38,42). The summed E-state index contributed by atoms with van der Waals surface area (Å²) in [6.45, 7) is 2.95. The van der Waals surface area contributed by atoms with Gasteiger partial charge >= 0.3 is 6.18 Å². The van der Waals surface area contributed by atoms with Gasteiger partial charge in [-0.2, -0.15) is 13.2 Å². The van der Waals surface area contributed by atoms with Crippen molar-refractivity contribution < 1.29 is 18.0 Å². The largest absolute Gasteiger partial charge is 0.405 e. The molecule has 0 saturated carbocycles. The van der Waals surface area contributed by atoms with Crippen molar-refractivity contribution in [3.63, 3.8) is 0 Å². The number of para-hydroxylation sites is 1. The summed E-state index contributed by atoms with van der Waals surface area (Å²) in [5.74, 6) is 0.328. The van der Waals surface area contributed by atoms with E-state index in [0.717, 1.165) is 78.1 Å². The molecule has 9 heteroatoms. The summed E-state index contributed by atoms with van der Waals surface area (Å²) in [6, 6.07) is 25.1. The number of pyridine rings is 1. The SMILES string of the molecule is O=C(NCC(F)(F)F)C1(CCCCN2CCN(c3ccc4cccc(Cl)c4n3)CC2)c2ccccc2-c2ccccc21. The number of halogens is 4. The van der Waals surface area contributed by atoms with Crippen molar-refractivity contribution in [2.24, 2.45) is 0 Å². The van der Waals surface area contributed by atoms with Gasteiger partial charge in [0, 0.05) is 31.6 Å². The molecule has 1 aromatic heterocycles. The molecule has 0 spiro atoms. The lowest BCUT2D eigenvalue weighted by Gasteiger charge is -2.36. The fourth-order valence-corrected chi connectivity index (χ4v) is 6.71. The molecule has 1 aliphatic carbocycles. The average Bonchev–Trinajstić information content (AvgIpc) is 3.29. The number of fused-ring (bicyclic) bond motifs is 4. The molecular weight excluding hydrogens is 561 g/mol. The van der Waals surface area contributed by atoms with Crippen molar-refractivity contribution in [1.82, 2.24) is 15.2 Å². The monoisotopic (exact) mass is 592 g/mol. The zero-order valence-corrected chi connectivity index (χ0v) is 23.9. The van der Waals surface area contributed by atoms with Crippen LogP contribution in [-0.4, -0.2) is 61.2 Å². The molecule has 1 N–H and O–H groups in total. The molecule has 6 rings (SSSR count). The molecule has 42 heavy (non-hydrogen) atoms. The number of hydrogen-bond donors (Lipinski definition) is 1. The highest BCUT2D eigenvalue weighted by Gasteiger charge is 2.49. The van der Waals surface area contributed by atoms with Gasteiger partial charge in [0.2, 0.25) is 5.91 Å². The number of aromatic nitrogens is 1. The van der Waals surface area contributed by atoms with Gasteiger partial charge in [-0.3, -0.25) is 9.69 Å². The Morgan fingerprint density at radius 3 is 2.19 bits per heavy atom. The summed E-state index contributed by atoms with van der Waals surface area (Å²) in [6.07, 6.45) is -2.51. The minimum atomic E-state index is -4.48. The molecule has 1 saturated heterocycles.